The van der Waals surface area contributed by atoms with E-state index in [0.29, 0.717) is 24.6 Å². The number of aryl methyl sites for hydroxylation is 1. The second-order valence-corrected chi connectivity index (χ2v) is 11.1. The lowest BCUT2D eigenvalue weighted by Gasteiger charge is -2.38. The SMILES string of the molecule is CN(C)C(=O)c1ccc2c(c1)CC[C@H]2N1C(=O)[C@H]2C[C@@H]1CN2C[C@H](N)C(=O)N1[C@H](C#N)CC2C[C@@H]21. The van der Waals surface area contributed by atoms with Crippen molar-refractivity contribution in [2.45, 2.75) is 68.4 Å². The van der Waals surface area contributed by atoms with Gasteiger partial charge in [-0.05, 0) is 61.3 Å². The van der Waals surface area contributed by atoms with Gasteiger partial charge in [-0.15, -0.1) is 0 Å². The van der Waals surface area contributed by atoms with E-state index in [-0.39, 0.29) is 47.9 Å². The maximum Gasteiger partial charge on any atom is 0.253 e. The van der Waals surface area contributed by atoms with E-state index in [9.17, 15) is 19.6 Å². The molecule has 1 saturated carbocycles. The summed E-state index contributed by atoms with van der Waals surface area (Å²) < 4.78 is 0. The van der Waals surface area contributed by atoms with Crippen LogP contribution < -0.4 is 5.73 Å². The van der Waals surface area contributed by atoms with E-state index >= 15 is 0 Å². The highest BCUT2D eigenvalue weighted by molar-refractivity contribution is 5.94. The molecule has 2 bridgehead atoms. The Kier molecular flexibility index (Phi) is 5.17. The second kappa shape index (κ2) is 8.04. The zero-order valence-electron chi connectivity index (χ0n) is 20.3. The lowest BCUT2D eigenvalue weighted by Crippen LogP contribution is -2.57. The van der Waals surface area contributed by atoms with E-state index in [4.69, 9.17) is 5.73 Å². The van der Waals surface area contributed by atoms with Crippen LogP contribution in [0.1, 0.15) is 53.2 Å². The largest absolute Gasteiger partial charge is 0.345 e. The number of nitriles is 1. The molecule has 0 aromatic heterocycles. The molecule has 3 saturated heterocycles. The number of hydrogen-bond donors (Lipinski definition) is 1. The van der Waals surface area contributed by atoms with Crippen molar-refractivity contribution in [3.8, 4) is 6.07 Å². The molecule has 3 aliphatic heterocycles. The van der Waals surface area contributed by atoms with E-state index in [1.165, 1.54) is 0 Å². The van der Waals surface area contributed by atoms with Crippen LogP contribution in [0.15, 0.2) is 18.2 Å². The third-order valence-electron chi connectivity index (χ3n) is 8.75. The lowest BCUT2D eigenvalue weighted by molar-refractivity contribution is -0.141. The molecular formula is C26H32N6O3. The minimum atomic E-state index is -0.717. The summed E-state index contributed by atoms with van der Waals surface area (Å²) in [5.41, 5.74) is 9.32. The number of amides is 3. The number of rotatable bonds is 5. The molecule has 184 valence electrons. The quantitative estimate of drug-likeness (QED) is 0.662. The fourth-order valence-corrected chi connectivity index (χ4v) is 6.99. The van der Waals surface area contributed by atoms with Crippen molar-refractivity contribution in [1.82, 2.24) is 19.6 Å². The molecule has 3 amide bonds. The van der Waals surface area contributed by atoms with Crippen molar-refractivity contribution in [3.05, 3.63) is 34.9 Å². The Labute approximate surface area is 205 Å². The first-order valence-electron chi connectivity index (χ1n) is 12.7. The van der Waals surface area contributed by atoms with Gasteiger partial charge in [0, 0.05) is 44.8 Å². The van der Waals surface area contributed by atoms with E-state index < -0.39 is 6.04 Å². The molecule has 1 aromatic rings. The Hall–Kier alpha value is -2.96. The van der Waals surface area contributed by atoms with Crippen molar-refractivity contribution >= 4 is 17.7 Å². The van der Waals surface area contributed by atoms with Crippen molar-refractivity contribution in [2.24, 2.45) is 11.7 Å². The Morgan fingerprint density at radius 1 is 1.23 bits per heavy atom. The summed E-state index contributed by atoms with van der Waals surface area (Å²) >= 11 is 0. The maximum atomic E-state index is 13.4. The van der Waals surface area contributed by atoms with Gasteiger partial charge in [0.05, 0.1) is 24.2 Å². The summed E-state index contributed by atoms with van der Waals surface area (Å²) in [6.07, 6.45) is 4.23. The molecule has 3 heterocycles. The summed E-state index contributed by atoms with van der Waals surface area (Å²) in [4.78, 5) is 46.3. The van der Waals surface area contributed by atoms with Crippen LogP contribution in [0.2, 0.25) is 0 Å². The highest BCUT2D eigenvalue weighted by Crippen LogP contribution is 2.48. The fraction of sp³-hybridized carbons (Fsp3) is 0.615. The highest BCUT2D eigenvalue weighted by atomic mass is 16.2. The predicted molar refractivity (Wildman–Crippen MR) is 127 cm³/mol. The molecule has 35 heavy (non-hydrogen) atoms. The normalized spacial score (nSPS) is 33.5. The van der Waals surface area contributed by atoms with Crippen LogP contribution in [0.5, 0.6) is 0 Å². The number of likely N-dealkylation sites (tertiary alicyclic amines) is 3. The van der Waals surface area contributed by atoms with Crippen molar-refractivity contribution in [3.63, 3.8) is 0 Å². The summed E-state index contributed by atoms with van der Waals surface area (Å²) in [6, 6.07) is 7.13. The van der Waals surface area contributed by atoms with Crippen LogP contribution in [0.25, 0.3) is 0 Å². The van der Waals surface area contributed by atoms with Gasteiger partial charge in [-0.2, -0.15) is 5.26 Å². The average Bonchev–Trinajstić information content (AvgIpc) is 3.18. The van der Waals surface area contributed by atoms with Crippen molar-refractivity contribution < 1.29 is 14.4 Å². The molecule has 4 fully saturated rings. The molecule has 9 heteroatoms. The standard InChI is InChI=1S/C26H32N6O3/c1-29(2)24(33)15-3-5-19-14(7-15)4-6-21(19)32-18-10-23(26(32)35)30(12-18)13-20(28)25(34)31-17(11-27)8-16-9-22(16)31/h3,5,7,16-18,20-23H,4,6,8-10,12-13,28H2,1-2H3/t16?,17-,18+,20-,21+,22-,23+/m0/s1. The van der Waals surface area contributed by atoms with Gasteiger partial charge in [-0.25, -0.2) is 0 Å². The smallest absolute Gasteiger partial charge is 0.253 e. The Bertz CT molecular complexity index is 1140. The van der Waals surface area contributed by atoms with Gasteiger partial charge < -0.3 is 20.4 Å². The number of nitrogens with two attached hydrogens (primary N) is 1. The van der Waals surface area contributed by atoms with Crippen LogP contribution in [0, 0.1) is 17.2 Å². The minimum Gasteiger partial charge on any atom is -0.345 e. The van der Waals surface area contributed by atoms with Gasteiger partial charge in [0.25, 0.3) is 5.91 Å². The number of carbonyl (C=O) groups is 3. The van der Waals surface area contributed by atoms with Gasteiger partial charge >= 0.3 is 0 Å². The molecule has 2 N–H and O–H groups in total. The van der Waals surface area contributed by atoms with Gasteiger partial charge in [0.15, 0.2) is 0 Å². The first kappa shape index (κ1) is 22.5. The number of piperazine rings is 1. The molecule has 1 unspecified atom stereocenters. The average molecular weight is 477 g/mol. The van der Waals surface area contributed by atoms with Crippen LogP contribution in [-0.2, 0) is 16.0 Å². The molecule has 2 aliphatic carbocycles. The minimum absolute atomic E-state index is 0.0127. The fourth-order valence-electron chi connectivity index (χ4n) is 6.99. The topological polar surface area (TPSA) is 114 Å². The molecule has 7 atom stereocenters. The molecule has 0 spiro atoms. The third kappa shape index (κ3) is 3.46. The lowest BCUT2D eigenvalue weighted by atomic mass is 10.0. The molecule has 0 radical (unpaired) electrons. The third-order valence-corrected chi connectivity index (χ3v) is 8.75. The molecular weight excluding hydrogens is 444 g/mol. The van der Waals surface area contributed by atoms with E-state index in [1.54, 1.807) is 23.9 Å². The van der Waals surface area contributed by atoms with Crippen LogP contribution in [0.4, 0.5) is 0 Å². The van der Waals surface area contributed by atoms with Gasteiger partial charge in [0.2, 0.25) is 11.8 Å². The Morgan fingerprint density at radius 2 is 2.03 bits per heavy atom. The maximum absolute atomic E-state index is 13.4. The zero-order chi connectivity index (χ0) is 24.6. The van der Waals surface area contributed by atoms with Gasteiger partial charge in [-0.3, -0.25) is 19.3 Å². The predicted octanol–water partition coefficient (Wildman–Crippen LogP) is 0.501. The van der Waals surface area contributed by atoms with Gasteiger partial charge in [-0.1, -0.05) is 6.07 Å². The van der Waals surface area contributed by atoms with E-state index in [1.807, 2.05) is 18.2 Å². The Morgan fingerprint density at radius 3 is 2.74 bits per heavy atom. The Balaban J connectivity index is 1.12. The number of hydrogen-bond acceptors (Lipinski definition) is 6. The number of carbonyl (C=O) groups excluding carboxylic acids is 3. The molecule has 6 rings (SSSR count). The van der Waals surface area contributed by atoms with Crippen molar-refractivity contribution in [1.29, 1.82) is 5.26 Å². The van der Waals surface area contributed by atoms with Crippen LogP contribution in [-0.4, -0.2) is 94.7 Å². The van der Waals surface area contributed by atoms with Gasteiger partial charge in [0.1, 0.15) is 6.04 Å². The van der Waals surface area contributed by atoms with E-state index in [2.05, 4.69) is 15.9 Å². The second-order valence-electron chi connectivity index (χ2n) is 11.1. The summed E-state index contributed by atoms with van der Waals surface area (Å²) in [6.45, 7) is 1.07. The monoisotopic (exact) mass is 476 g/mol. The summed E-state index contributed by atoms with van der Waals surface area (Å²) in [7, 11) is 3.50. The number of fused-ring (bicyclic) bond motifs is 4. The summed E-state index contributed by atoms with van der Waals surface area (Å²) in [5.74, 6) is 0.411. The first-order chi connectivity index (χ1) is 16.8. The van der Waals surface area contributed by atoms with E-state index in [0.717, 1.165) is 43.2 Å². The number of benzene rings is 1. The first-order valence-corrected chi connectivity index (χ1v) is 12.7. The highest BCUT2D eigenvalue weighted by Gasteiger charge is 2.56. The number of piperidine rings is 1. The molecule has 1 aromatic carbocycles. The number of nitrogens with zero attached hydrogens (tertiary/aromatic N) is 5. The van der Waals surface area contributed by atoms with Crippen LogP contribution in [0.3, 0.4) is 0 Å². The molecule has 9 nitrogen and oxygen atoms in total. The van der Waals surface area contributed by atoms with Crippen molar-refractivity contribution in [2.75, 3.05) is 27.2 Å². The van der Waals surface area contributed by atoms with Crippen LogP contribution >= 0.6 is 0 Å². The summed E-state index contributed by atoms with van der Waals surface area (Å²) in [5, 5.41) is 9.42. The zero-order valence-corrected chi connectivity index (χ0v) is 20.3. The molecule has 5 aliphatic rings.